The average Bonchev–Trinajstić information content (AvgIpc) is 2.75. The van der Waals surface area contributed by atoms with Gasteiger partial charge in [-0.3, -0.25) is 9.59 Å². The molecule has 0 aromatic carbocycles. The van der Waals surface area contributed by atoms with E-state index in [0.717, 1.165) is 0 Å². The molecule has 118 valence electrons. The van der Waals surface area contributed by atoms with E-state index >= 15 is 0 Å². The fourth-order valence-electron chi connectivity index (χ4n) is 1.68. The molecule has 1 unspecified atom stereocenters. The molecule has 1 aromatic heterocycles. The normalized spacial score (nSPS) is 12.1. The van der Waals surface area contributed by atoms with Gasteiger partial charge in [-0.05, 0) is 19.8 Å². The van der Waals surface area contributed by atoms with Crippen molar-refractivity contribution in [3.63, 3.8) is 0 Å². The quantitative estimate of drug-likeness (QED) is 0.645. The second kappa shape index (κ2) is 7.31. The molecule has 2 amide bonds. The molecule has 1 atom stereocenters. The van der Waals surface area contributed by atoms with Gasteiger partial charge in [0.1, 0.15) is 9.88 Å². The van der Waals surface area contributed by atoms with E-state index in [4.69, 9.17) is 5.73 Å². The summed E-state index contributed by atoms with van der Waals surface area (Å²) < 4.78 is 0. The van der Waals surface area contributed by atoms with Crippen LogP contribution in [0.2, 0.25) is 0 Å². The molecular formula is C14H24N4O2S. The van der Waals surface area contributed by atoms with Crippen LogP contribution in [-0.2, 0) is 0 Å². The Morgan fingerprint density at radius 1 is 1.24 bits per heavy atom. The second-order valence-electron chi connectivity index (χ2n) is 5.16. The lowest BCUT2D eigenvalue weighted by Crippen LogP contribution is -2.25. The van der Waals surface area contributed by atoms with E-state index in [0.29, 0.717) is 27.9 Å². The van der Waals surface area contributed by atoms with Crippen LogP contribution in [0.15, 0.2) is 0 Å². The zero-order valence-corrected chi connectivity index (χ0v) is 14.0. The summed E-state index contributed by atoms with van der Waals surface area (Å²) >= 11 is 1.21. The van der Waals surface area contributed by atoms with E-state index in [9.17, 15) is 9.59 Å². The van der Waals surface area contributed by atoms with Gasteiger partial charge in [0.15, 0.2) is 0 Å². The number of thiophene rings is 1. The highest BCUT2D eigenvalue weighted by Gasteiger charge is 2.25. The van der Waals surface area contributed by atoms with Gasteiger partial charge in [-0.25, -0.2) is 0 Å². The van der Waals surface area contributed by atoms with E-state index in [1.165, 1.54) is 11.3 Å². The molecule has 6 nitrogen and oxygen atoms in total. The summed E-state index contributed by atoms with van der Waals surface area (Å²) in [7, 11) is 1.54. The molecule has 0 fully saturated rings. The Morgan fingerprint density at radius 3 is 2.33 bits per heavy atom. The number of nitrogen functional groups attached to an aromatic ring is 1. The van der Waals surface area contributed by atoms with Gasteiger partial charge >= 0.3 is 0 Å². The largest absolute Gasteiger partial charge is 0.397 e. The monoisotopic (exact) mass is 312 g/mol. The third-order valence-corrected chi connectivity index (χ3v) is 4.44. The van der Waals surface area contributed by atoms with Crippen LogP contribution in [0.1, 0.15) is 47.7 Å². The standard InChI is InChI=1S/C14H24N4O2S/c1-6-17-13(20)11-10(15)9(12(19)16-5)14(21-11)18-8(4)7(2)3/h7-8,18H,6,15H2,1-5H3,(H,16,19)(H,17,20). The minimum atomic E-state index is -0.294. The molecule has 0 saturated heterocycles. The maximum atomic E-state index is 12.0. The van der Waals surface area contributed by atoms with E-state index < -0.39 is 0 Å². The number of amides is 2. The van der Waals surface area contributed by atoms with Gasteiger partial charge in [0.25, 0.3) is 11.8 Å². The first-order valence-corrected chi connectivity index (χ1v) is 7.84. The van der Waals surface area contributed by atoms with Crippen molar-refractivity contribution in [2.24, 2.45) is 5.92 Å². The summed E-state index contributed by atoms with van der Waals surface area (Å²) in [6.45, 7) is 8.54. The number of hydrogen-bond acceptors (Lipinski definition) is 5. The minimum absolute atomic E-state index is 0.161. The van der Waals surface area contributed by atoms with Crippen LogP contribution in [0.25, 0.3) is 0 Å². The lowest BCUT2D eigenvalue weighted by molar-refractivity contribution is 0.0959. The van der Waals surface area contributed by atoms with Gasteiger partial charge in [0.2, 0.25) is 0 Å². The molecule has 0 spiro atoms. The smallest absolute Gasteiger partial charge is 0.263 e. The highest BCUT2D eigenvalue weighted by Crippen LogP contribution is 2.36. The van der Waals surface area contributed by atoms with Gasteiger partial charge in [-0.1, -0.05) is 13.8 Å². The lowest BCUT2D eigenvalue weighted by atomic mass is 10.1. The summed E-state index contributed by atoms with van der Waals surface area (Å²) in [6.07, 6.45) is 0. The zero-order chi connectivity index (χ0) is 16.2. The molecular weight excluding hydrogens is 288 g/mol. The lowest BCUT2D eigenvalue weighted by Gasteiger charge is -2.18. The highest BCUT2D eigenvalue weighted by atomic mass is 32.1. The van der Waals surface area contributed by atoms with Gasteiger partial charge in [-0.2, -0.15) is 0 Å². The molecule has 0 aliphatic carbocycles. The fourth-order valence-corrected chi connectivity index (χ4v) is 2.81. The van der Waals surface area contributed by atoms with Gasteiger partial charge in [0.05, 0.1) is 11.3 Å². The molecule has 21 heavy (non-hydrogen) atoms. The Kier molecular flexibility index (Phi) is 6.02. The van der Waals surface area contributed by atoms with Crippen molar-refractivity contribution in [2.75, 3.05) is 24.6 Å². The first kappa shape index (κ1) is 17.3. The van der Waals surface area contributed by atoms with E-state index in [1.54, 1.807) is 7.05 Å². The second-order valence-corrected chi connectivity index (χ2v) is 6.19. The van der Waals surface area contributed by atoms with Crippen molar-refractivity contribution in [3.05, 3.63) is 10.4 Å². The predicted molar refractivity (Wildman–Crippen MR) is 88.1 cm³/mol. The number of rotatable bonds is 6. The Bertz CT molecular complexity index is 525. The van der Waals surface area contributed by atoms with Crippen LogP contribution < -0.4 is 21.7 Å². The molecule has 1 rings (SSSR count). The number of carbonyl (C=O) groups excluding carboxylic acids is 2. The van der Waals surface area contributed by atoms with E-state index in [1.807, 2.05) is 13.8 Å². The Hall–Kier alpha value is -1.76. The van der Waals surface area contributed by atoms with E-state index in [-0.39, 0.29) is 23.5 Å². The van der Waals surface area contributed by atoms with Crippen molar-refractivity contribution in [1.82, 2.24) is 10.6 Å². The fraction of sp³-hybridized carbons (Fsp3) is 0.571. The molecule has 7 heteroatoms. The predicted octanol–water partition coefficient (Wildman–Crippen LogP) is 1.90. The molecule has 0 aliphatic heterocycles. The number of anilines is 2. The van der Waals surface area contributed by atoms with Crippen molar-refractivity contribution in [3.8, 4) is 0 Å². The van der Waals surface area contributed by atoms with Crippen molar-refractivity contribution in [2.45, 2.75) is 33.7 Å². The van der Waals surface area contributed by atoms with Crippen molar-refractivity contribution >= 4 is 33.8 Å². The van der Waals surface area contributed by atoms with Crippen LogP contribution in [0, 0.1) is 5.92 Å². The Balaban J connectivity index is 3.24. The van der Waals surface area contributed by atoms with Crippen LogP contribution >= 0.6 is 11.3 Å². The van der Waals surface area contributed by atoms with Crippen molar-refractivity contribution in [1.29, 1.82) is 0 Å². The summed E-state index contributed by atoms with van der Waals surface area (Å²) in [6, 6.07) is 0.161. The minimum Gasteiger partial charge on any atom is -0.397 e. The van der Waals surface area contributed by atoms with Crippen LogP contribution in [0.5, 0.6) is 0 Å². The first-order valence-electron chi connectivity index (χ1n) is 7.02. The third-order valence-electron chi connectivity index (χ3n) is 3.30. The van der Waals surface area contributed by atoms with Gasteiger partial charge in [0, 0.05) is 19.6 Å². The molecule has 0 radical (unpaired) electrons. The van der Waals surface area contributed by atoms with Gasteiger partial charge in [-0.15, -0.1) is 11.3 Å². The first-order chi connectivity index (χ1) is 9.83. The molecule has 0 saturated carbocycles. The van der Waals surface area contributed by atoms with Crippen molar-refractivity contribution < 1.29 is 9.59 Å². The summed E-state index contributed by atoms with van der Waals surface area (Å²) in [5, 5.41) is 9.19. The average molecular weight is 312 g/mol. The highest BCUT2D eigenvalue weighted by molar-refractivity contribution is 7.19. The summed E-state index contributed by atoms with van der Waals surface area (Å²) in [5.74, 6) is -0.160. The van der Waals surface area contributed by atoms with E-state index in [2.05, 4.69) is 29.8 Å². The maximum Gasteiger partial charge on any atom is 0.263 e. The molecule has 1 heterocycles. The number of nitrogens with two attached hydrogens (primary N) is 1. The molecule has 5 N–H and O–H groups in total. The topological polar surface area (TPSA) is 96.2 Å². The van der Waals surface area contributed by atoms with Gasteiger partial charge < -0.3 is 21.7 Å². The Morgan fingerprint density at radius 2 is 1.86 bits per heavy atom. The zero-order valence-electron chi connectivity index (χ0n) is 13.2. The molecule has 0 bridgehead atoms. The SMILES string of the molecule is CCNC(=O)c1sc(NC(C)C(C)C)c(C(=O)NC)c1N. The van der Waals surface area contributed by atoms with Crippen LogP contribution in [-0.4, -0.2) is 31.4 Å². The maximum absolute atomic E-state index is 12.0. The number of nitrogens with one attached hydrogen (secondary N) is 3. The third kappa shape index (κ3) is 3.87. The number of carbonyl (C=O) groups is 2. The summed E-state index contributed by atoms with van der Waals surface area (Å²) in [4.78, 5) is 24.4. The molecule has 0 aliphatic rings. The van der Waals surface area contributed by atoms with Crippen LogP contribution in [0.4, 0.5) is 10.7 Å². The summed E-state index contributed by atoms with van der Waals surface area (Å²) in [5.41, 5.74) is 6.58. The Labute approximate surface area is 129 Å². The van der Waals surface area contributed by atoms with Crippen LogP contribution in [0.3, 0.4) is 0 Å². The number of hydrogen-bond donors (Lipinski definition) is 4. The molecule has 1 aromatic rings.